The predicted molar refractivity (Wildman–Crippen MR) is 112 cm³/mol. The van der Waals surface area contributed by atoms with E-state index in [0.29, 0.717) is 0 Å². The van der Waals surface area contributed by atoms with Gasteiger partial charge in [-0.05, 0) is 0 Å². The molecule has 0 nitrogen and oxygen atoms in total. The van der Waals surface area contributed by atoms with Gasteiger partial charge in [0.15, 0.2) is 0 Å². The summed E-state index contributed by atoms with van der Waals surface area (Å²) < 4.78 is -1.80. The number of benzene rings is 2. The second-order valence-corrected chi connectivity index (χ2v) is 19.9. The number of rotatable bonds is 8. The SMILES string of the molecule is CCCP(I)(CCC)(Cc1ccccc1)Cc1ccccc1. The van der Waals surface area contributed by atoms with Gasteiger partial charge < -0.3 is 0 Å². The van der Waals surface area contributed by atoms with Crippen molar-refractivity contribution in [2.75, 3.05) is 12.3 Å². The molecule has 120 valence electrons. The van der Waals surface area contributed by atoms with Crippen molar-refractivity contribution in [2.24, 2.45) is 0 Å². The second-order valence-electron chi connectivity index (χ2n) is 6.55. The van der Waals surface area contributed by atoms with Crippen molar-refractivity contribution in [3.8, 4) is 0 Å². The molecule has 0 atom stereocenters. The van der Waals surface area contributed by atoms with Gasteiger partial charge in [-0.25, -0.2) is 0 Å². The Morgan fingerprint density at radius 3 is 1.36 bits per heavy atom. The summed E-state index contributed by atoms with van der Waals surface area (Å²) in [4.78, 5) is 0. The van der Waals surface area contributed by atoms with Crippen LogP contribution in [0.3, 0.4) is 0 Å². The normalized spacial score (nSPS) is 13.5. The van der Waals surface area contributed by atoms with Gasteiger partial charge in [0.25, 0.3) is 0 Å². The van der Waals surface area contributed by atoms with E-state index in [-0.39, 0.29) is 0 Å². The van der Waals surface area contributed by atoms with E-state index in [2.05, 4.69) is 96.6 Å². The fourth-order valence-corrected chi connectivity index (χ4v) is 14.4. The zero-order valence-corrected chi connectivity index (χ0v) is 16.9. The van der Waals surface area contributed by atoms with Crippen molar-refractivity contribution < 1.29 is 0 Å². The van der Waals surface area contributed by atoms with Crippen molar-refractivity contribution in [3.05, 3.63) is 71.8 Å². The summed E-state index contributed by atoms with van der Waals surface area (Å²) in [7, 11) is 0. The molecule has 0 bridgehead atoms. The van der Waals surface area contributed by atoms with Crippen LogP contribution >= 0.6 is 26.3 Å². The molecule has 0 radical (unpaired) electrons. The van der Waals surface area contributed by atoms with Crippen LogP contribution in [0, 0.1) is 0 Å². The molecule has 0 amide bonds. The minimum absolute atomic E-state index is 1.28. The third kappa shape index (κ3) is 4.80. The molecular weight excluding hydrogens is 398 g/mol. The van der Waals surface area contributed by atoms with Crippen LogP contribution in [0.2, 0.25) is 0 Å². The van der Waals surface area contributed by atoms with Crippen molar-refractivity contribution in [1.29, 1.82) is 0 Å². The first kappa shape index (κ1) is 17.9. The van der Waals surface area contributed by atoms with Crippen LogP contribution in [0.1, 0.15) is 37.8 Å². The molecule has 2 heteroatoms. The van der Waals surface area contributed by atoms with E-state index in [1.807, 2.05) is 0 Å². The van der Waals surface area contributed by atoms with Crippen molar-refractivity contribution >= 4 is 26.3 Å². The second kappa shape index (κ2) is 7.93. The zero-order valence-electron chi connectivity index (χ0n) is 13.8. The van der Waals surface area contributed by atoms with Gasteiger partial charge in [0.05, 0.1) is 0 Å². The molecule has 0 saturated heterocycles. The number of hydrogen-bond donors (Lipinski definition) is 0. The molecule has 0 unspecified atom stereocenters. The maximum absolute atomic E-state index is 2.95. The third-order valence-corrected chi connectivity index (χ3v) is 14.8. The van der Waals surface area contributed by atoms with Crippen LogP contribution < -0.4 is 0 Å². The molecule has 0 aliphatic heterocycles. The molecule has 0 saturated carbocycles. The van der Waals surface area contributed by atoms with Crippen LogP contribution in [0.25, 0.3) is 0 Å². The Morgan fingerprint density at radius 1 is 0.682 bits per heavy atom. The third-order valence-electron chi connectivity index (χ3n) is 4.41. The molecule has 2 aromatic carbocycles. The van der Waals surface area contributed by atoms with Crippen LogP contribution in [0.4, 0.5) is 0 Å². The maximum atomic E-state index is 2.95. The Balaban J connectivity index is 2.37. The van der Waals surface area contributed by atoms with E-state index in [4.69, 9.17) is 0 Å². The number of halogens is 1. The van der Waals surface area contributed by atoms with Crippen molar-refractivity contribution in [1.82, 2.24) is 0 Å². The van der Waals surface area contributed by atoms with Gasteiger partial charge in [0.2, 0.25) is 0 Å². The van der Waals surface area contributed by atoms with E-state index in [0.717, 1.165) is 0 Å². The zero-order chi connectivity index (χ0) is 15.9. The van der Waals surface area contributed by atoms with Crippen LogP contribution in [0.5, 0.6) is 0 Å². The summed E-state index contributed by atoms with van der Waals surface area (Å²) in [5.74, 6) is 0. The molecule has 0 N–H and O–H groups in total. The summed E-state index contributed by atoms with van der Waals surface area (Å²) in [5.41, 5.74) is 3.04. The fraction of sp³-hybridized carbons (Fsp3) is 0.400. The molecule has 0 aromatic heterocycles. The van der Waals surface area contributed by atoms with Crippen LogP contribution in [-0.4, -0.2) is 12.3 Å². The van der Waals surface area contributed by atoms with E-state index >= 15 is 0 Å². The molecule has 0 fully saturated rings. The molecule has 0 heterocycles. The fourth-order valence-electron chi connectivity index (χ4n) is 3.68. The Kier molecular flexibility index (Phi) is 6.46. The summed E-state index contributed by atoms with van der Waals surface area (Å²) >= 11 is 2.95. The van der Waals surface area contributed by atoms with Crippen LogP contribution in [0.15, 0.2) is 60.7 Å². The molecule has 2 rings (SSSR count). The van der Waals surface area contributed by atoms with E-state index in [1.165, 1.54) is 48.6 Å². The van der Waals surface area contributed by atoms with Gasteiger partial charge in [-0.2, -0.15) is 0 Å². The number of hydrogen-bond acceptors (Lipinski definition) is 0. The molecule has 2 aromatic rings. The molecular formula is C20H28IP. The van der Waals surface area contributed by atoms with Gasteiger partial charge in [0.1, 0.15) is 0 Å². The first-order chi connectivity index (χ1) is 10.6. The molecule has 0 spiro atoms. The summed E-state index contributed by atoms with van der Waals surface area (Å²) in [6.45, 7) is 4.71. The van der Waals surface area contributed by atoms with Crippen molar-refractivity contribution in [2.45, 2.75) is 39.0 Å². The van der Waals surface area contributed by atoms with Crippen LogP contribution in [-0.2, 0) is 12.3 Å². The predicted octanol–water partition coefficient (Wildman–Crippen LogP) is 7.11. The molecule has 22 heavy (non-hydrogen) atoms. The van der Waals surface area contributed by atoms with E-state index in [9.17, 15) is 0 Å². The average molecular weight is 426 g/mol. The van der Waals surface area contributed by atoms with E-state index < -0.39 is 4.25 Å². The van der Waals surface area contributed by atoms with Gasteiger partial charge in [0, 0.05) is 0 Å². The van der Waals surface area contributed by atoms with Gasteiger partial charge in [-0.1, -0.05) is 0 Å². The Hall–Kier alpha value is -0.400. The van der Waals surface area contributed by atoms with Crippen molar-refractivity contribution in [3.63, 3.8) is 0 Å². The van der Waals surface area contributed by atoms with E-state index in [1.54, 1.807) is 0 Å². The summed E-state index contributed by atoms with van der Waals surface area (Å²) in [6.07, 6.45) is 7.93. The summed E-state index contributed by atoms with van der Waals surface area (Å²) in [6, 6.07) is 22.3. The molecule has 0 aliphatic carbocycles. The topological polar surface area (TPSA) is 0 Å². The van der Waals surface area contributed by atoms with Gasteiger partial charge >= 0.3 is 149 Å². The Labute approximate surface area is 149 Å². The average Bonchev–Trinajstić information content (AvgIpc) is 2.49. The minimum atomic E-state index is -1.80. The van der Waals surface area contributed by atoms with Gasteiger partial charge in [-0.15, -0.1) is 0 Å². The monoisotopic (exact) mass is 426 g/mol. The first-order valence-corrected chi connectivity index (χ1v) is 14.1. The Morgan fingerprint density at radius 2 is 1.05 bits per heavy atom. The molecule has 0 aliphatic rings. The standard InChI is InChI=1S/C20H28IP/c1-3-15-22(21,16-4-2,17-19-11-7-5-8-12-19)18-20-13-9-6-10-14-20/h5-14H,3-4,15-18H2,1-2H3. The quantitative estimate of drug-likeness (QED) is 0.312. The van der Waals surface area contributed by atoms with Gasteiger partial charge in [-0.3, -0.25) is 0 Å². The Bertz CT molecular complexity index is 513. The first-order valence-electron chi connectivity index (χ1n) is 8.38. The summed E-state index contributed by atoms with van der Waals surface area (Å²) in [5, 5.41) is 0.